The smallest absolute Gasteiger partial charge is 0.303 e. The van der Waals surface area contributed by atoms with Gasteiger partial charge in [-0.2, -0.15) is 0 Å². The zero-order chi connectivity index (χ0) is 13.5. The molecule has 1 rings (SSSR count). The van der Waals surface area contributed by atoms with Crippen LogP contribution in [0.4, 0.5) is 0 Å². The molecule has 2 N–H and O–H groups in total. The van der Waals surface area contributed by atoms with Gasteiger partial charge in [0, 0.05) is 30.7 Å². The van der Waals surface area contributed by atoms with Crippen LogP contribution in [-0.4, -0.2) is 28.1 Å². The largest absolute Gasteiger partial charge is 0.481 e. The molecule has 0 saturated carbocycles. The minimum atomic E-state index is -0.771. The third-order valence-electron chi connectivity index (χ3n) is 2.56. The number of carbonyl (C=O) groups is 2. The number of hydrogen-bond donors (Lipinski definition) is 2. The summed E-state index contributed by atoms with van der Waals surface area (Å²) in [6.45, 7) is 0.571. The third kappa shape index (κ3) is 4.91. The lowest BCUT2D eigenvalue weighted by Crippen LogP contribution is -2.26. The van der Waals surface area contributed by atoms with Crippen molar-refractivity contribution in [3.63, 3.8) is 0 Å². The SMILES string of the molecule is Cn1cc(Br)cc1C(=O)NCCCCCC(=O)O. The molecule has 1 aromatic heterocycles. The van der Waals surface area contributed by atoms with Gasteiger partial charge in [-0.15, -0.1) is 0 Å². The molecule has 0 saturated heterocycles. The first-order valence-corrected chi connectivity index (χ1v) is 6.62. The molecule has 0 bridgehead atoms. The lowest BCUT2D eigenvalue weighted by Gasteiger charge is -2.05. The fourth-order valence-electron chi connectivity index (χ4n) is 1.62. The van der Waals surface area contributed by atoms with Crippen LogP contribution in [0.25, 0.3) is 0 Å². The molecular formula is C12H17BrN2O3. The van der Waals surface area contributed by atoms with Crippen LogP contribution in [0.2, 0.25) is 0 Å². The molecule has 0 radical (unpaired) electrons. The summed E-state index contributed by atoms with van der Waals surface area (Å²) in [4.78, 5) is 22.1. The number of carboxylic acid groups (broad SMARTS) is 1. The van der Waals surface area contributed by atoms with Crippen LogP contribution in [0.5, 0.6) is 0 Å². The van der Waals surface area contributed by atoms with Crippen molar-refractivity contribution in [3.05, 3.63) is 22.4 Å². The number of amides is 1. The number of rotatable bonds is 7. The second-order valence-corrected chi connectivity index (χ2v) is 5.03. The second-order valence-electron chi connectivity index (χ2n) is 4.11. The normalized spacial score (nSPS) is 10.3. The molecule has 1 aromatic rings. The van der Waals surface area contributed by atoms with Gasteiger partial charge in [-0.3, -0.25) is 9.59 Å². The zero-order valence-corrected chi connectivity index (χ0v) is 11.9. The van der Waals surface area contributed by atoms with E-state index in [0.717, 1.165) is 17.3 Å². The summed E-state index contributed by atoms with van der Waals surface area (Å²) in [5.41, 5.74) is 0.604. The molecule has 0 aliphatic heterocycles. The summed E-state index contributed by atoms with van der Waals surface area (Å²) in [7, 11) is 1.81. The first-order valence-electron chi connectivity index (χ1n) is 5.82. The van der Waals surface area contributed by atoms with Crippen molar-refractivity contribution in [2.24, 2.45) is 7.05 Å². The molecule has 0 aliphatic rings. The van der Waals surface area contributed by atoms with Crippen LogP contribution in [0.15, 0.2) is 16.7 Å². The summed E-state index contributed by atoms with van der Waals surface area (Å²) in [5, 5.41) is 11.3. The van der Waals surface area contributed by atoms with Crippen molar-refractivity contribution >= 4 is 27.8 Å². The van der Waals surface area contributed by atoms with Gasteiger partial charge < -0.3 is 15.0 Å². The highest BCUT2D eigenvalue weighted by Crippen LogP contribution is 2.13. The lowest BCUT2D eigenvalue weighted by atomic mass is 10.2. The molecule has 1 amide bonds. The number of aryl methyl sites for hydroxylation is 1. The monoisotopic (exact) mass is 316 g/mol. The number of aliphatic carboxylic acids is 1. The Hall–Kier alpha value is -1.30. The van der Waals surface area contributed by atoms with Crippen LogP contribution in [-0.2, 0) is 11.8 Å². The van der Waals surface area contributed by atoms with Gasteiger partial charge >= 0.3 is 5.97 Å². The topological polar surface area (TPSA) is 71.3 Å². The van der Waals surface area contributed by atoms with Gasteiger partial charge in [0.2, 0.25) is 0 Å². The highest BCUT2D eigenvalue weighted by atomic mass is 79.9. The Morgan fingerprint density at radius 3 is 2.67 bits per heavy atom. The summed E-state index contributed by atoms with van der Waals surface area (Å²) in [6.07, 6.45) is 4.27. The number of aromatic nitrogens is 1. The van der Waals surface area contributed by atoms with Gasteiger partial charge in [0.25, 0.3) is 5.91 Å². The number of nitrogens with one attached hydrogen (secondary N) is 1. The molecule has 5 nitrogen and oxygen atoms in total. The number of halogens is 1. The molecule has 0 spiro atoms. The van der Waals surface area contributed by atoms with E-state index in [-0.39, 0.29) is 12.3 Å². The molecule has 0 aliphatic carbocycles. The molecular weight excluding hydrogens is 300 g/mol. The van der Waals surface area contributed by atoms with Crippen LogP contribution in [0.1, 0.15) is 36.2 Å². The van der Waals surface area contributed by atoms with Crippen molar-refractivity contribution in [1.82, 2.24) is 9.88 Å². The van der Waals surface area contributed by atoms with Crippen molar-refractivity contribution in [2.45, 2.75) is 25.7 Å². The Morgan fingerprint density at radius 1 is 1.39 bits per heavy atom. The third-order valence-corrected chi connectivity index (χ3v) is 2.99. The maximum absolute atomic E-state index is 11.8. The summed E-state index contributed by atoms with van der Waals surface area (Å²) < 4.78 is 2.63. The van der Waals surface area contributed by atoms with E-state index in [2.05, 4.69) is 21.2 Å². The lowest BCUT2D eigenvalue weighted by molar-refractivity contribution is -0.137. The highest BCUT2D eigenvalue weighted by molar-refractivity contribution is 9.10. The molecule has 6 heteroatoms. The predicted octanol–water partition coefficient (Wildman–Crippen LogP) is 2.16. The minimum absolute atomic E-state index is 0.110. The van der Waals surface area contributed by atoms with Gasteiger partial charge in [-0.1, -0.05) is 6.42 Å². The van der Waals surface area contributed by atoms with Gasteiger partial charge in [0.15, 0.2) is 0 Å². The maximum Gasteiger partial charge on any atom is 0.303 e. The van der Waals surface area contributed by atoms with Crippen LogP contribution >= 0.6 is 15.9 Å². The quantitative estimate of drug-likeness (QED) is 0.757. The van der Waals surface area contributed by atoms with E-state index in [4.69, 9.17) is 5.11 Å². The fourth-order valence-corrected chi connectivity index (χ4v) is 2.14. The van der Waals surface area contributed by atoms with Crippen LogP contribution < -0.4 is 5.32 Å². The molecule has 1 heterocycles. The van der Waals surface area contributed by atoms with E-state index >= 15 is 0 Å². The van der Waals surface area contributed by atoms with Crippen LogP contribution in [0, 0.1) is 0 Å². The van der Waals surface area contributed by atoms with Gasteiger partial charge in [0.1, 0.15) is 5.69 Å². The molecule has 18 heavy (non-hydrogen) atoms. The van der Waals surface area contributed by atoms with E-state index in [0.29, 0.717) is 18.7 Å². The average molecular weight is 317 g/mol. The number of carbonyl (C=O) groups excluding carboxylic acids is 1. The molecule has 0 fully saturated rings. The Balaban J connectivity index is 2.22. The van der Waals surface area contributed by atoms with E-state index in [9.17, 15) is 9.59 Å². The second kappa shape index (κ2) is 7.20. The van der Waals surface area contributed by atoms with Crippen molar-refractivity contribution in [3.8, 4) is 0 Å². The Morgan fingerprint density at radius 2 is 2.11 bits per heavy atom. The van der Waals surface area contributed by atoms with E-state index in [1.165, 1.54) is 0 Å². The predicted molar refractivity (Wildman–Crippen MR) is 71.6 cm³/mol. The van der Waals surface area contributed by atoms with Gasteiger partial charge in [-0.05, 0) is 34.8 Å². The van der Waals surface area contributed by atoms with Crippen LogP contribution in [0.3, 0.4) is 0 Å². The van der Waals surface area contributed by atoms with Crippen molar-refractivity contribution in [1.29, 1.82) is 0 Å². The fraction of sp³-hybridized carbons (Fsp3) is 0.500. The number of nitrogens with zero attached hydrogens (tertiary/aromatic N) is 1. The Kier molecular flexibility index (Phi) is 5.91. The highest BCUT2D eigenvalue weighted by Gasteiger charge is 2.09. The van der Waals surface area contributed by atoms with E-state index < -0.39 is 5.97 Å². The first kappa shape index (κ1) is 14.8. The molecule has 0 atom stereocenters. The van der Waals surface area contributed by atoms with Crippen molar-refractivity contribution < 1.29 is 14.7 Å². The minimum Gasteiger partial charge on any atom is -0.481 e. The van der Waals surface area contributed by atoms with Gasteiger partial charge in [-0.25, -0.2) is 0 Å². The zero-order valence-electron chi connectivity index (χ0n) is 10.3. The maximum atomic E-state index is 11.8. The van der Waals surface area contributed by atoms with Gasteiger partial charge in [0.05, 0.1) is 0 Å². The summed E-state index contributed by atoms with van der Waals surface area (Å²) in [5.74, 6) is -0.880. The number of carboxylic acids is 1. The molecule has 0 aromatic carbocycles. The van der Waals surface area contributed by atoms with Crippen molar-refractivity contribution in [2.75, 3.05) is 6.54 Å². The summed E-state index contributed by atoms with van der Waals surface area (Å²) in [6, 6.07) is 1.76. The number of hydrogen-bond acceptors (Lipinski definition) is 2. The molecule has 100 valence electrons. The van der Waals surface area contributed by atoms with E-state index in [1.54, 1.807) is 10.6 Å². The standard InChI is InChI=1S/C12H17BrN2O3/c1-15-8-9(13)7-10(15)12(18)14-6-4-2-3-5-11(16)17/h7-8H,2-6H2,1H3,(H,14,18)(H,16,17). The van der Waals surface area contributed by atoms with E-state index in [1.807, 2.05) is 13.2 Å². The molecule has 0 unspecified atom stereocenters. The Bertz CT molecular complexity index is 429. The average Bonchev–Trinajstić information content (AvgIpc) is 2.62. The first-order chi connectivity index (χ1) is 8.50. The number of unbranched alkanes of at least 4 members (excludes halogenated alkanes) is 2. The Labute approximate surface area is 114 Å². The summed E-state index contributed by atoms with van der Waals surface area (Å²) >= 11 is 3.31.